The molecule has 0 aliphatic heterocycles. The van der Waals surface area contributed by atoms with E-state index in [0.717, 1.165) is 41.5 Å². The number of hydrogen-bond donors (Lipinski definition) is 3. The number of carbonyl (C=O) groups is 3. The number of thiol groups is 1. The fraction of sp³-hybridized carbons (Fsp3) is 0.500. The highest BCUT2D eigenvalue weighted by molar-refractivity contribution is 7.80. The van der Waals surface area contributed by atoms with Crippen molar-refractivity contribution in [2.45, 2.75) is 85.0 Å². The van der Waals surface area contributed by atoms with Gasteiger partial charge in [-0.25, -0.2) is 4.79 Å². The number of aryl methyl sites for hydroxylation is 2. The van der Waals surface area contributed by atoms with Gasteiger partial charge < -0.3 is 20.3 Å². The lowest BCUT2D eigenvalue weighted by Crippen LogP contribution is -2.54. The Morgan fingerprint density at radius 3 is 2.18 bits per heavy atom. The van der Waals surface area contributed by atoms with Gasteiger partial charge in [0, 0.05) is 18.8 Å². The van der Waals surface area contributed by atoms with Gasteiger partial charge in [-0.05, 0) is 52.2 Å². The average Bonchev–Trinajstić information content (AvgIpc) is 2.84. The summed E-state index contributed by atoms with van der Waals surface area (Å²) in [6, 6.07) is 13.7. The minimum absolute atomic E-state index is 0.0630. The van der Waals surface area contributed by atoms with Crippen LogP contribution in [0, 0.1) is 13.8 Å². The third kappa shape index (κ3) is 10.0. The van der Waals surface area contributed by atoms with E-state index in [1.807, 2.05) is 62.4 Å². The second-order valence-electron chi connectivity index (χ2n) is 10.6. The molecule has 38 heavy (non-hydrogen) atoms. The molecule has 2 aromatic carbocycles. The van der Waals surface area contributed by atoms with Crippen LogP contribution in [-0.2, 0) is 20.9 Å². The molecule has 0 spiro atoms. The highest BCUT2D eigenvalue weighted by atomic mass is 32.1. The van der Waals surface area contributed by atoms with Gasteiger partial charge in [0.15, 0.2) is 0 Å². The summed E-state index contributed by atoms with van der Waals surface area (Å²) in [4.78, 5) is 41.9. The van der Waals surface area contributed by atoms with Crippen molar-refractivity contribution in [2.24, 2.45) is 0 Å². The molecule has 208 valence electrons. The molecule has 3 amide bonds. The van der Waals surface area contributed by atoms with Crippen LogP contribution in [0.1, 0.15) is 75.3 Å². The molecule has 2 atom stereocenters. The lowest BCUT2D eigenvalue weighted by molar-refractivity contribution is -0.142. The van der Waals surface area contributed by atoms with Crippen LogP contribution in [0.4, 0.5) is 4.79 Å². The molecule has 2 N–H and O–H groups in total. The Morgan fingerprint density at radius 2 is 1.63 bits per heavy atom. The summed E-state index contributed by atoms with van der Waals surface area (Å²) in [7, 11) is 0. The maximum absolute atomic E-state index is 14.0. The van der Waals surface area contributed by atoms with Crippen LogP contribution in [-0.4, -0.2) is 46.7 Å². The fourth-order valence-electron chi connectivity index (χ4n) is 4.26. The van der Waals surface area contributed by atoms with Gasteiger partial charge in [0.25, 0.3) is 0 Å². The largest absolute Gasteiger partial charge is 0.444 e. The van der Waals surface area contributed by atoms with Crippen molar-refractivity contribution in [3.05, 3.63) is 70.8 Å². The summed E-state index contributed by atoms with van der Waals surface area (Å²) in [5.41, 5.74) is 2.98. The zero-order valence-corrected chi connectivity index (χ0v) is 24.4. The van der Waals surface area contributed by atoms with E-state index >= 15 is 0 Å². The van der Waals surface area contributed by atoms with Gasteiger partial charge in [-0.1, -0.05) is 79.4 Å². The fourth-order valence-corrected chi connectivity index (χ4v) is 4.50. The van der Waals surface area contributed by atoms with Crippen LogP contribution in [0.3, 0.4) is 0 Å². The average molecular weight is 542 g/mol. The van der Waals surface area contributed by atoms with E-state index in [1.54, 1.807) is 25.7 Å². The van der Waals surface area contributed by atoms with E-state index in [-0.39, 0.29) is 17.6 Å². The summed E-state index contributed by atoms with van der Waals surface area (Å²) in [6.07, 6.45) is 1.89. The Bertz CT molecular complexity index is 1050. The van der Waals surface area contributed by atoms with E-state index in [0.29, 0.717) is 13.1 Å². The molecule has 0 saturated heterocycles. The molecule has 2 aromatic rings. The van der Waals surface area contributed by atoms with E-state index in [4.69, 9.17) is 4.74 Å². The highest BCUT2D eigenvalue weighted by Gasteiger charge is 2.35. The van der Waals surface area contributed by atoms with Gasteiger partial charge in [0.1, 0.15) is 17.7 Å². The number of carbonyl (C=O) groups excluding carboxylic acids is 3. The summed E-state index contributed by atoms with van der Waals surface area (Å²) in [5.74, 6) is -0.590. The third-order valence-corrected chi connectivity index (χ3v) is 6.25. The summed E-state index contributed by atoms with van der Waals surface area (Å²) in [6.45, 7) is 12.0. The van der Waals surface area contributed by atoms with Gasteiger partial charge in [-0.2, -0.15) is 12.6 Å². The number of benzene rings is 2. The number of amides is 3. The summed E-state index contributed by atoms with van der Waals surface area (Å²) < 4.78 is 5.38. The van der Waals surface area contributed by atoms with Gasteiger partial charge in [-0.3, -0.25) is 9.59 Å². The maximum atomic E-state index is 14.0. The molecular weight excluding hydrogens is 498 g/mol. The molecule has 0 saturated carbocycles. The number of hydrogen-bond acceptors (Lipinski definition) is 5. The predicted molar refractivity (Wildman–Crippen MR) is 155 cm³/mol. The number of unbranched alkanes of at least 4 members (excludes halogenated alkanes) is 2. The van der Waals surface area contributed by atoms with Crippen molar-refractivity contribution in [3.63, 3.8) is 0 Å². The zero-order chi connectivity index (χ0) is 28.3. The number of rotatable bonds is 12. The SMILES string of the molecule is CCCCCN(C(=O)C(CS)NC(=O)OC(C)(C)C)C(C(=O)NCc1ccccc1)c1cc(C)cc(C)c1. The molecule has 0 fully saturated rings. The van der Waals surface area contributed by atoms with Crippen molar-refractivity contribution < 1.29 is 19.1 Å². The number of ether oxygens (including phenoxy) is 1. The second kappa shape index (κ2) is 14.8. The van der Waals surface area contributed by atoms with Gasteiger partial charge >= 0.3 is 6.09 Å². The van der Waals surface area contributed by atoms with Gasteiger partial charge in [0.05, 0.1) is 0 Å². The molecule has 7 nitrogen and oxygen atoms in total. The van der Waals surface area contributed by atoms with Gasteiger partial charge in [-0.15, -0.1) is 0 Å². The van der Waals surface area contributed by atoms with E-state index in [1.165, 1.54) is 0 Å². The van der Waals surface area contributed by atoms with Crippen molar-refractivity contribution in [1.29, 1.82) is 0 Å². The third-order valence-electron chi connectivity index (χ3n) is 5.89. The van der Waals surface area contributed by atoms with E-state index < -0.39 is 23.8 Å². The van der Waals surface area contributed by atoms with Crippen LogP contribution >= 0.6 is 12.6 Å². The first kappa shape index (κ1) is 31.2. The Kier molecular flexibility index (Phi) is 12.2. The quantitative estimate of drug-likeness (QED) is 0.245. The summed E-state index contributed by atoms with van der Waals surface area (Å²) in [5, 5.41) is 5.69. The number of nitrogens with one attached hydrogen (secondary N) is 2. The van der Waals surface area contributed by atoms with Crippen LogP contribution in [0.25, 0.3) is 0 Å². The molecule has 2 unspecified atom stereocenters. The molecular formula is C30H43N3O4S. The first-order chi connectivity index (χ1) is 17.9. The number of alkyl carbamates (subject to hydrolysis) is 1. The lowest BCUT2D eigenvalue weighted by Gasteiger charge is -2.34. The Labute approximate surface area is 233 Å². The molecule has 8 heteroatoms. The first-order valence-corrected chi connectivity index (χ1v) is 13.9. The molecule has 0 aliphatic rings. The van der Waals surface area contributed by atoms with E-state index in [9.17, 15) is 14.4 Å². The smallest absolute Gasteiger partial charge is 0.408 e. The van der Waals surface area contributed by atoms with Crippen LogP contribution < -0.4 is 10.6 Å². The standard InChI is InChI=1S/C30H43N3O4S/c1-7-8-12-15-33(28(35)25(20-38)32-29(36)37-30(4,5)6)26(24-17-21(2)16-22(3)18-24)27(34)31-19-23-13-10-9-11-14-23/h9-11,13-14,16-18,25-26,38H,7-8,12,15,19-20H2,1-6H3,(H,31,34)(H,32,36). The van der Waals surface area contributed by atoms with Crippen LogP contribution in [0.2, 0.25) is 0 Å². The van der Waals surface area contributed by atoms with Gasteiger partial charge in [0.2, 0.25) is 11.8 Å². The first-order valence-electron chi connectivity index (χ1n) is 13.3. The van der Waals surface area contributed by atoms with Crippen LogP contribution in [0.15, 0.2) is 48.5 Å². The van der Waals surface area contributed by atoms with Crippen molar-refractivity contribution in [2.75, 3.05) is 12.3 Å². The van der Waals surface area contributed by atoms with E-state index in [2.05, 4.69) is 30.2 Å². The molecule has 0 radical (unpaired) electrons. The van der Waals surface area contributed by atoms with Crippen molar-refractivity contribution in [3.8, 4) is 0 Å². The highest BCUT2D eigenvalue weighted by Crippen LogP contribution is 2.26. The minimum Gasteiger partial charge on any atom is -0.444 e. The summed E-state index contributed by atoms with van der Waals surface area (Å²) >= 11 is 4.36. The topological polar surface area (TPSA) is 87.7 Å². The molecule has 0 heterocycles. The zero-order valence-electron chi connectivity index (χ0n) is 23.5. The van der Waals surface area contributed by atoms with Crippen LogP contribution in [0.5, 0.6) is 0 Å². The number of nitrogens with zero attached hydrogens (tertiary/aromatic N) is 1. The Balaban J connectivity index is 2.45. The molecule has 0 bridgehead atoms. The second-order valence-corrected chi connectivity index (χ2v) is 11.0. The lowest BCUT2D eigenvalue weighted by atomic mass is 9.98. The Hall–Kier alpha value is -3.00. The maximum Gasteiger partial charge on any atom is 0.408 e. The predicted octanol–water partition coefficient (Wildman–Crippen LogP) is 5.50. The Morgan fingerprint density at radius 1 is 1.00 bits per heavy atom. The molecule has 0 aliphatic carbocycles. The minimum atomic E-state index is -0.954. The molecule has 2 rings (SSSR count). The normalized spacial score (nSPS) is 12.8. The van der Waals surface area contributed by atoms with Crippen molar-refractivity contribution in [1.82, 2.24) is 15.5 Å². The van der Waals surface area contributed by atoms with Crippen molar-refractivity contribution >= 4 is 30.5 Å². The molecule has 0 aromatic heterocycles. The monoisotopic (exact) mass is 541 g/mol.